The van der Waals surface area contributed by atoms with Crippen molar-refractivity contribution in [3.8, 4) is 0 Å². The third-order valence-corrected chi connectivity index (χ3v) is 3.40. The number of rotatable bonds is 4. The lowest BCUT2D eigenvalue weighted by molar-refractivity contribution is 0.627. The Hall–Kier alpha value is -1.54. The number of hydrogen-bond acceptors (Lipinski definition) is 1. The van der Waals surface area contributed by atoms with Gasteiger partial charge in [-0.05, 0) is 41.3 Å². The molecule has 0 unspecified atom stereocenters. The third kappa shape index (κ3) is 3.71. The summed E-state index contributed by atoms with van der Waals surface area (Å²) in [5.74, 6) is 0.187. The molecule has 0 radical (unpaired) electrons. The fourth-order valence-electron chi connectivity index (χ4n) is 1.87. The van der Waals surface area contributed by atoms with Gasteiger partial charge >= 0.3 is 0 Å². The van der Waals surface area contributed by atoms with Crippen molar-refractivity contribution in [2.45, 2.75) is 26.3 Å². The van der Waals surface area contributed by atoms with Gasteiger partial charge in [0, 0.05) is 17.3 Å². The molecule has 0 spiro atoms. The van der Waals surface area contributed by atoms with Gasteiger partial charge in [0.25, 0.3) is 0 Å². The highest BCUT2D eigenvalue weighted by molar-refractivity contribution is 6.31. The lowest BCUT2D eigenvalue weighted by atomic mass is 10.0. The number of nitrogens with one attached hydrogen (secondary N) is 1. The predicted molar refractivity (Wildman–Crippen MR) is 79.3 cm³/mol. The molecule has 1 nitrogen and oxygen atoms in total. The van der Waals surface area contributed by atoms with E-state index in [1.165, 1.54) is 17.7 Å². The fourth-order valence-corrected chi connectivity index (χ4v) is 2.10. The minimum atomic E-state index is -0.310. The molecule has 0 fully saturated rings. The first-order valence-electron chi connectivity index (χ1n) is 6.34. The van der Waals surface area contributed by atoms with Gasteiger partial charge in [-0.25, -0.2) is 4.39 Å². The molecule has 19 heavy (non-hydrogen) atoms. The summed E-state index contributed by atoms with van der Waals surface area (Å²) in [6.45, 7) is 4.91. The van der Waals surface area contributed by atoms with Crippen molar-refractivity contribution in [1.29, 1.82) is 0 Å². The van der Waals surface area contributed by atoms with E-state index in [1.807, 2.05) is 12.1 Å². The third-order valence-electron chi connectivity index (χ3n) is 3.05. The lowest BCUT2D eigenvalue weighted by Crippen LogP contribution is -2.01. The number of hydrogen-bond donors (Lipinski definition) is 1. The van der Waals surface area contributed by atoms with E-state index in [0.717, 1.165) is 11.3 Å². The molecule has 0 aliphatic heterocycles. The van der Waals surface area contributed by atoms with Gasteiger partial charge in [-0.15, -0.1) is 0 Å². The van der Waals surface area contributed by atoms with Crippen LogP contribution in [0.2, 0.25) is 5.02 Å². The monoisotopic (exact) mass is 277 g/mol. The second-order valence-electron chi connectivity index (χ2n) is 4.87. The van der Waals surface area contributed by atoms with Crippen LogP contribution in [-0.4, -0.2) is 0 Å². The summed E-state index contributed by atoms with van der Waals surface area (Å²) in [6.07, 6.45) is 0. The zero-order valence-electron chi connectivity index (χ0n) is 11.1. The van der Waals surface area contributed by atoms with Crippen LogP contribution in [0.25, 0.3) is 0 Å². The van der Waals surface area contributed by atoms with Gasteiger partial charge in [-0.3, -0.25) is 0 Å². The molecule has 0 bridgehead atoms. The Balaban J connectivity index is 2.08. The fraction of sp³-hybridized carbons (Fsp3) is 0.250. The van der Waals surface area contributed by atoms with Crippen LogP contribution < -0.4 is 5.32 Å². The molecule has 0 amide bonds. The van der Waals surface area contributed by atoms with Gasteiger partial charge in [0.2, 0.25) is 0 Å². The first-order chi connectivity index (χ1) is 9.06. The Morgan fingerprint density at radius 2 is 1.95 bits per heavy atom. The van der Waals surface area contributed by atoms with Crippen LogP contribution >= 0.6 is 11.6 Å². The van der Waals surface area contributed by atoms with Crippen LogP contribution in [0, 0.1) is 5.82 Å². The molecule has 0 atom stereocenters. The van der Waals surface area contributed by atoms with Crippen molar-refractivity contribution in [3.05, 3.63) is 64.4 Å². The highest BCUT2D eigenvalue weighted by Crippen LogP contribution is 2.21. The van der Waals surface area contributed by atoms with Crippen molar-refractivity contribution in [3.63, 3.8) is 0 Å². The molecule has 0 saturated heterocycles. The molecule has 2 aromatic carbocycles. The Morgan fingerprint density at radius 1 is 1.16 bits per heavy atom. The second kappa shape index (κ2) is 6.07. The largest absolute Gasteiger partial charge is 0.381 e. The lowest BCUT2D eigenvalue weighted by Gasteiger charge is -2.11. The summed E-state index contributed by atoms with van der Waals surface area (Å²) in [7, 11) is 0. The quantitative estimate of drug-likeness (QED) is 0.808. The van der Waals surface area contributed by atoms with Gasteiger partial charge in [0.15, 0.2) is 0 Å². The summed E-state index contributed by atoms with van der Waals surface area (Å²) in [6, 6.07) is 12.8. The number of benzene rings is 2. The predicted octanol–water partition coefficient (Wildman–Crippen LogP) is 5.21. The summed E-state index contributed by atoms with van der Waals surface area (Å²) in [4.78, 5) is 0. The van der Waals surface area contributed by atoms with Crippen LogP contribution in [-0.2, 0) is 6.54 Å². The average Bonchev–Trinajstić information content (AvgIpc) is 2.38. The van der Waals surface area contributed by atoms with E-state index in [2.05, 4.69) is 31.3 Å². The molecule has 3 heteroatoms. The number of anilines is 1. The van der Waals surface area contributed by atoms with Crippen LogP contribution in [0.15, 0.2) is 42.5 Å². The molecular formula is C16H17ClFN. The molecule has 0 aliphatic rings. The van der Waals surface area contributed by atoms with E-state index < -0.39 is 0 Å². The summed E-state index contributed by atoms with van der Waals surface area (Å²) >= 11 is 6.00. The topological polar surface area (TPSA) is 12.0 Å². The van der Waals surface area contributed by atoms with Crippen molar-refractivity contribution in [1.82, 2.24) is 0 Å². The molecule has 100 valence electrons. The molecule has 0 heterocycles. The summed E-state index contributed by atoms with van der Waals surface area (Å²) < 4.78 is 12.9. The molecule has 0 aliphatic carbocycles. The van der Waals surface area contributed by atoms with E-state index in [-0.39, 0.29) is 5.82 Å². The standard InChI is InChI=1S/C16H17ClFN/c1-11(2)12-4-3-5-15(8-12)19-10-13-6-7-14(18)9-16(13)17/h3-9,11,19H,10H2,1-2H3. The van der Waals surface area contributed by atoms with Crippen molar-refractivity contribution >= 4 is 17.3 Å². The van der Waals surface area contributed by atoms with Crippen LogP contribution in [0.5, 0.6) is 0 Å². The van der Waals surface area contributed by atoms with E-state index >= 15 is 0 Å². The Labute approximate surface area is 118 Å². The zero-order valence-corrected chi connectivity index (χ0v) is 11.8. The maximum absolute atomic E-state index is 12.9. The SMILES string of the molecule is CC(C)c1cccc(NCc2ccc(F)cc2Cl)c1. The zero-order chi connectivity index (χ0) is 13.8. The maximum atomic E-state index is 12.9. The maximum Gasteiger partial charge on any atom is 0.124 e. The molecular weight excluding hydrogens is 261 g/mol. The first-order valence-corrected chi connectivity index (χ1v) is 6.72. The highest BCUT2D eigenvalue weighted by atomic mass is 35.5. The smallest absolute Gasteiger partial charge is 0.124 e. The van der Waals surface area contributed by atoms with Crippen molar-refractivity contribution < 1.29 is 4.39 Å². The highest BCUT2D eigenvalue weighted by Gasteiger charge is 2.03. The van der Waals surface area contributed by atoms with E-state index in [0.29, 0.717) is 17.5 Å². The van der Waals surface area contributed by atoms with Crippen LogP contribution in [0.3, 0.4) is 0 Å². The van der Waals surface area contributed by atoms with E-state index in [4.69, 9.17) is 11.6 Å². The average molecular weight is 278 g/mol. The molecule has 2 aromatic rings. The van der Waals surface area contributed by atoms with Crippen molar-refractivity contribution in [2.75, 3.05) is 5.32 Å². The van der Waals surface area contributed by atoms with Crippen LogP contribution in [0.1, 0.15) is 30.9 Å². The minimum Gasteiger partial charge on any atom is -0.381 e. The minimum absolute atomic E-state index is 0.310. The second-order valence-corrected chi connectivity index (χ2v) is 5.28. The van der Waals surface area contributed by atoms with Gasteiger partial charge < -0.3 is 5.32 Å². The molecule has 0 aromatic heterocycles. The Bertz CT molecular complexity index is 566. The normalized spacial score (nSPS) is 10.8. The number of halogens is 2. The first kappa shape index (κ1) is 13.9. The van der Waals surface area contributed by atoms with Gasteiger partial charge in [0.05, 0.1) is 0 Å². The van der Waals surface area contributed by atoms with E-state index in [1.54, 1.807) is 6.07 Å². The Morgan fingerprint density at radius 3 is 2.63 bits per heavy atom. The molecule has 0 saturated carbocycles. The van der Waals surface area contributed by atoms with Gasteiger partial charge in [-0.2, -0.15) is 0 Å². The van der Waals surface area contributed by atoms with Crippen LogP contribution in [0.4, 0.5) is 10.1 Å². The van der Waals surface area contributed by atoms with E-state index in [9.17, 15) is 4.39 Å². The Kier molecular flexibility index (Phi) is 4.43. The van der Waals surface area contributed by atoms with Crippen molar-refractivity contribution in [2.24, 2.45) is 0 Å². The molecule has 2 rings (SSSR count). The van der Waals surface area contributed by atoms with Gasteiger partial charge in [-0.1, -0.05) is 43.6 Å². The van der Waals surface area contributed by atoms with Gasteiger partial charge in [0.1, 0.15) is 5.82 Å². The summed E-state index contributed by atoms with van der Waals surface area (Å²) in [5, 5.41) is 3.76. The summed E-state index contributed by atoms with van der Waals surface area (Å²) in [5.41, 5.74) is 3.22. The molecule has 1 N–H and O–H groups in total.